The molecule has 2 rings (SSSR count). The lowest BCUT2D eigenvalue weighted by molar-refractivity contribution is -0.134. The summed E-state index contributed by atoms with van der Waals surface area (Å²) < 4.78 is 36.2. The number of alkyl halides is 3. The van der Waals surface area contributed by atoms with Gasteiger partial charge in [-0.05, 0) is 18.9 Å². The van der Waals surface area contributed by atoms with E-state index in [1.807, 2.05) is 13.0 Å². The Morgan fingerprint density at radius 3 is 2.75 bits per heavy atom. The maximum Gasteiger partial charge on any atom is 0.389 e. The molecule has 4 nitrogen and oxygen atoms in total. The van der Waals surface area contributed by atoms with Gasteiger partial charge >= 0.3 is 6.18 Å². The SMILES string of the molecule is CCc1cc2c(NCCCC(F)(F)F)nc(N)nc2s1. The number of fused-ring (bicyclic) bond motifs is 1. The number of aromatic nitrogens is 2. The molecule has 0 aliphatic carbocycles. The predicted molar refractivity (Wildman–Crippen MR) is 75.0 cm³/mol. The maximum absolute atomic E-state index is 12.1. The molecule has 0 atom stereocenters. The van der Waals surface area contributed by atoms with Crippen molar-refractivity contribution in [2.45, 2.75) is 32.4 Å². The first kappa shape index (κ1) is 14.8. The van der Waals surface area contributed by atoms with Crippen molar-refractivity contribution in [1.82, 2.24) is 9.97 Å². The van der Waals surface area contributed by atoms with E-state index < -0.39 is 12.6 Å². The quantitative estimate of drug-likeness (QED) is 0.829. The zero-order valence-electron chi connectivity index (χ0n) is 10.9. The monoisotopic (exact) mass is 304 g/mol. The molecule has 0 aromatic carbocycles. The summed E-state index contributed by atoms with van der Waals surface area (Å²) in [6.45, 7) is 2.22. The Morgan fingerprint density at radius 2 is 2.10 bits per heavy atom. The van der Waals surface area contributed by atoms with Gasteiger partial charge in [0.1, 0.15) is 10.6 Å². The van der Waals surface area contributed by atoms with E-state index in [-0.39, 0.29) is 18.9 Å². The van der Waals surface area contributed by atoms with Crippen molar-refractivity contribution in [3.63, 3.8) is 0 Å². The fourth-order valence-electron chi connectivity index (χ4n) is 1.79. The van der Waals surface area contributed by atoms with Crippen molar-refractivity contribution in [3.05, 3.63) is 10.9 Å². The molecule has 0 saturated heterocycles. The molecular weight excluding hydrogens is 289 g/mol. The molecule has 110 valence electrons. The number of nitrogens with zero attached hydrogens (tertiary/aromatic N) is 2. The lowest BCUT2D eigenvalue weighted by Gasteiger charge is -2.08. The molecule has 0 radical (unpaired) electrons. The highest BCUT2D eigenvalue weighted by Gasteiger charge is 2.25. The van der Waals surface area contributed by atoms with E-state index in [1.54, 1.807) is 0 Å². The van der Waals surface area contributed by atoms with Gasteiger partial charge in [-0.15, -0.1) is 11.3 Å². The molecule has 0 unspecified atom stereocenters. The Bertz CT molecular complexity index is 594. The van der Waals surface area contributed by atoms with Crippen LogP contribution in [0.1, 0.15) is 24.6 Å². The van der Waals surface area contributed by atoms with Crippen LogP contribution < -0.4 is 11.1 Å². The summed E-state index contributed by atoms with van der Waals surface area (Å²) in [5.74, 6) is 0.631. The number of hydrogen-bond donors (Lipinski definition) is 2. The minimum absolute atomic E-state index is 0.000324. The molecule has 8 heteroatoms. The molecule has 2 aromatic heterocycles. The average molecular weight is 304 g/mol. The largest absolute Gasteiger partial charge is 0.389 e. The van der Waals surface area contributed by atoms with Crippen LogP contribution in [0.25, 0.3) is 10.2 Å². The van der Waals surface area contributed by atoms with Gasteiger partial charge in [-0.1, -0.05) is 6.92 Å². The van der Waals surface area contributed by atoms with E-state index in [2.05, 4.69) is 15.3 Å². The summed E-state index contributed by atoms with van der Waals surface area (Å²) in [4.78, 5) is 10.1. The van der Waals surface area contributed by atoms with Gasteiger partial charge in [0.15, 0.2) is 0 Å². The van der Waals surface area contributed by atoms with Crippen LogP contribution in [0.15, 0.2) is 6.07 Å². The minimum Gasteiger partial charge on any atom is -0.369 e. The number of rotatable bonds is 5. The summed E-state index contributed by atoms with van der Waals surface area (Å²) in [5.41, 5.74) is 5.61. The highest BCUT2D eigenvalue weighted by atomic mass is 32.1. The fourth-order valence-corrected chi connectivity index (χ4v) is 2.77. The Balaban J connectivity index is 2.10. The topological polar surface area (TPSA) is 63.8 Å². The zero-order valence-corrected chi connectivity index (χ0v) is 11.7. The predicted octanol–water partition coefficient (Wildman–Crippen LogP) is 3.59. The van der Waals surface area contributed by atoms with Gasteiger partial charge in [0.2, 0.25) is 5.95 Å². The molecule has 0 aliphatic heterocycles. The van der Waals surface area contributed by atoms with E-state index in [1.165, 1.54) is 11.3 Å². The summed E-state index contributed by atoms with van der Waals surface area (Å²) in [6, 6.07) is 1.95. The lowest BCUT2D eigenvalue weighted by Crippen LogP contribution is -2.12. The van der Waals surface area contributed by atoms with Crippen molar-refractivity contribution in [2.75, 3.05) is 17.6 Å². The van der Waals surface area contributed by atoms with E-state index >= 15 is 0 Å². The second kappa shape index (κ2) is 5.82. The van der Waals surface area contributed by atoms with Gasteiger partial charge in [-0.2, -0.15) is 18.2 Å². The third-order valence-electron chi connectivity index (χ3n) is 2.74. The van der Waals surface area contributed by atoms with Crippen molar-refractivity contribution in [2.24, 2.45) is 0 Å². The summed E-state index contributed by atoms with van der Waals surface area (Å²) >= 11 is 1.52. The maximum atomic E-state index is 12.1. The van der Waals surface area contributed by atoms with Gasteiger partial charge in [0, 0.05) is 17.8 Å². The van der Waals surface area contributed by atoms with Crippen LogP contribution in [0.3, 0.4) is 0 Å². The van der Waals surface area contributed by atoms with Crippen LogP contribution >= 0.6 is 11.3 Å². The van der Waals surface area contributed by atoms with E-state index in [0.717, 1.165) is 21.5 Å². The first-order valence-electron chi connectivity index (χ1n) is 6.25. The average Bonchev–Trinajstić information content (AvgIpc) is 2.76. The molecule has 0 bridgehead atoms. The number of hydrogen-bond acceptors (Lipinski definition) is 5. The second-order valence-corrected chi connectivity index (χ2v) is 5.48. The van der Waals surface area contributed by atoms with Crippen LogP contribution in [0, 0.1) is 0 Å². The number of nitrogen functional groups attached to an aromatic ring is 1. The number of halogens is 3. The van der Waals surface area contributed by atoms with Crippen molar-refractivity contribution < 1.29 is 13.2 Å². The highest BCUT2D eigenvalue weighted by Crippen LogP contribution is 2.30. The third kappa shape index (κ3) is 3.72. The summed E-state index contributed by atoms with van der Waals surface area (Å²) in [6.07, 6.45) is -4.07. The Kier molecular flexibility index (Phi) is 4.32. The smallest absolute Gasteiger partial charge is 0.369 e. The first-order valence-corrected chi connectivity index (χ1v) is 7.07. The second-order valence-electron chi connectivity index (χ2n) is 4.36. The Hall–Kier alpha value is -1.57. The number of nitrogens with one attached hydrogen (secondary N) is 1. The summed E-state index contributed by atoms with van der Waals surface area (Å²) in [5, 5.41) is 3.73. The molecule has 0 amide bonds. The standard InChI is InChI=1S/C12H15F3N4S/c1-2-7-6-8-9(17-5-3-4-12(13,14)15)18-11(16)19-10(8)20-7/h6H,2-5H2,1H3,(H3,16,17,18,19). The van der Waals surface area contributed by atoms with Gasteiger partial charge < -0.3 is 11.1 Å². The number of aryl methyl sites for hydroxylation is 1. The van der Waals surface area contributed by atoms with Gasteiger partial charge in [-0.25, -0.2) is 4.98 Å². The molecule has 2 heterocycles. The summed E-state index contributed by atoms with van der Waals surface area (Å²) in [7, 11) is 0. The van der Waals surface area contributed by atoms with E-state index in [0.29, 0.717) is 5.82 Å². The lowest BCUT2D eigenvalue weighted by atomic mass is 10.3. The highest BCUT2D eigenvalue weighted by molar-refractivity contribution is 7.18. The normalized spacial score (nSPS) is 12.0. The molecule has 20 heavy (non-hydrogen) atoms. The molecule has 0 saturated carbocycles. The van der Waals surface area contributed by atoms with Crippen molar-refractivity contribution in [3.8, 4) is 0 Å². The minimum atomic E-state index is -4.13. The number of thiophene rings is 1. The molecule has 0 fully saturated rings. The van der Waals surface area contributed by atoms with Crippen molar-refractivity contribution >= 4 is 33.3 Å². The van der Waals surface area contributed by atoms with Gasteiger partial charge in [0.05, 0.1) is 5.39 Å². The van der Waals surface area contributed by atoms with Gasteiger partial charge in [0.25, 0.3) is 0 Å². The van der Waals surface area contributed by atoms with Crippen LogP contribution in [0.5, 0.6) is 0 Å². The molecule has 0 spiro atoms. The number of nitrogens with two attached hydrogens (primary N) is 1. The van der Waals surface area contributed by atoms with E-state index in [4.69, 9.17) is 5.73 Å². The molecule has 3 N–H and O–H groups in total. The number of anilines is 2. The molecule has 2 aromatic rings. The van der Waals surface area contributed by atoms with Crippen molar-refractivity contribution in [1.29, 1.82) is 0 Å². The molecule has 0 aliphatic rings. The van der Waals surface area contributed by atoms with Gasteiger partial charge in [-0.3, -0.25) is 0 Å². The molecular formula is C12H15F3N4S. The Labute approximate surface area is 118 Å². The van der Waals surface area contributed by atoms with Crippen LogP contribution in [0.4, 0.5) is 24.9 Å². The Morgan fingerprint density at radius 1 is 1.35 bits per heavy atom. The van der Waals surface area contributed by atoms with E-state index in [9.17, 15) is 13.2 Å². The van der Waals surface area contributed by atoms with Crippen LogP contribution in [-0.2, 0) is 6.42 Å². The third-order valence-corrected chi connectivity index (χ3v) is 3.91. The zero-order chi connectivity index (χ0) is 14.8. The van der Waals surface area contributed by atoms with Crippen LogP contribution in [-0.4, -0.2) is 22.7 Å². The fraction of sp³-hybridized carbons (Fsp3) is 0.500. The van der Waals surface area contributed by atoms with Crippen LogP contribution in [0.2, 0.25) is 0 Å². The first-order chi connectivity index (χ1) is 9.39.